The van der Waals surface area contributed by atoms with Crippen LogP contribution in [0.15, 0.2) is 28.7 Å². The monoisotopic (exact) mass is 356 g/mol. The third-order valence-corrected chi connectivity index (χ3v) is 3.13. The molecule has 0 saturated carbocycles. The molecule has 0 heterocycles. The molecular weight excluding hydrogens is 340 g/mol. The first-order valence-corrected chi connectivity index (χ1v) is 7.05. The summed E-state index contributed by atoms with van der Waals surface area (Å²) in [5.74, 6) is -1.36. The fourth-order valence-electron chi connectivity index (χ4n) is 1.51. The van der Waals surface area contributed by atoms with Crippen LogP contribution in [-0.2, 0) is 14.3 Å². The molecule has 1 atom stereocenters. The highest BCUT2D eigenvalue weighted by Crippen LogP contribution is 2.10. The lowest BCUT2D eigenvalue weighted by Gasteiger charge is -2.17. The number of nitrogens with zero attached hydrogens (tertiary/aromatic N) is 1. The molecule has 0 aliphatic heterocycles. The number of ether oxygens (including phenoxy) is 1. The van der Waals surface area contributed by atoms with Gasteiger partial charge in [0.15, 0.2) is 6.10 Å². The maximum absolute atomic E-state index is 11.8. The molecule has 0 aromatic heterocycles. The van der Waals surface area contributed by atoms with Crippen LogP contribution in [0, 0.1) is 0 Å². The summed E-state index contributed by atoms with van der Waals surface area (Å²) >= 11 is 3.27. The maximum atomic E-state index is 11.8. The number of hydrogen-bond acceptors (Lipinski definition) is 4. The summed E-state index contributed by atoms with van der Waals surface area (Å²) in [6, 6.07) is 6.71. The van der Waals surface area contributed by atoms with Gasteiger partial charge in [-0.1, -0.05) is 15.9 Å². The van der Waals surface area contributed by atoms with Crippen molar-refractivity contribution in [1.82, 2.24) is 10.2 Å². The second kappa shape index (κ2) is 7.78. The van der Waals surface area contributed by atoms with Gasteiger partial charge in [0, 0.05) is 24.1 Å². The SMILES string of the molecule is C[C@@H](OC(=O)CNC(=O)c1ccc(Br)cc1)C(=O)N(C)C. The fraction of sp³-hybridized carbons (Fsp3) is 0.357. The van der Waals surface area contributed by atoms with Gasteiger partial charge in [0.25, 0.3) is 11.8 Å². The number of likely N-dealkylation sites (N-methyl/N-ethyl adjacent to an activating group) is 1. The number of carbonyl (C=O) groups excluding carboxylic acids is 3. The second-order valence-electron chi connectivity index (χ2n) is 4.55. The molecule has 1 N–H and O–H groups in total. The first-order chi connectivity index (χ1) is 9.81. The first kappa shape index (κ1) is 17.2. The van der Waals surface area contributed by atoms with Crippen LogP contribution in [0.5, 0.6) is 0 Å². The number of esters is 1. The maximum Gasteiger partial charge on any atom is 0.326 e. The summed E-state index contributed by atoms with van der Waals surface area (Å²) in [5, 5.41) is 2.44. The highest BCUT2D eigenvalue weighted by Gasteiger charge is 2.19. The summed E-state index contributed by atoms with van der Waals surface area (Å²) in [6.45, 7) is 1.19. The van der Waals surface area contributed by atoms with Gasteiger partial charge in [0.05, 0.1) is 0 Å². The van der Waals surface area contributed by atoms with E-state index in [0.717, 1.165) is 4.47 Å². The Kier molecular flexibility index (Phi) is 6.36. The van der Waals surface area contributed by atoms with Gasteiger partial charge >= 0.3 is 5.97 Å². The highest BCUT2D eigenvalue weighted by atomic mass is 79.9. The van der Waals surface area contributed by atoms with Crippen LogP contribution in [0.4, 0.5) is 0 Å². The Balaban J connectivity index is 2.44. The molecule has 114 valence electrons. The van der Waals surface area contributed by atoms with E-state index in [-0.39, 0.29) is 18.4 Å². The Morgan fingerprint density at radius 2 is 1.81 bits per heavy atom. The van der Waals surface area contributed by atoms with E-state index in [1.165, 1.54) is 11.8 Å². The van der Waals surface area contributed by atoms with Gasteiger partial charge in [0.1, 0.15) is 6.54 Å². The Labute approximate surface area is 131 Å². The molecule has 2 amide bonds. The van der Waals surface area contributed by atoms with Crippen molar-refractivity contribution in [3.05, 3.63) is 34.3 Å². The standard InChI is InChI=1S/C14H17BrN2O4/c1-9(14(20)17(2)3)21-12(18)8-16-13(19)10-4-6-11(15)7-5-10/h4-7,9H,8H2,1-3H3,(H,16,19)/t9-/m1/s1. The molecule has 0 unspecified atom stereocenters. The van der Waals surface area contributed by atoms with E-state index in [9.17, 15) is 14.4 Å². The molecule has 0 spiro atoms. The number of rotatable bonds is 5. The number of hydrogen-bond donors (Lipinski definition) is 1. The van der Waals surface area contributed by atoms with Gasteiger partial charge in [-0.25, -0.2) is 0 Å². The van der Waals surface area contributed by atoms with Crippen LogP contribution in [0.1, 0.15) is 17.3 Å². The van der Waals surface area contributed by atoms with Gasteiger partial charge in [-0.05, 0) is 31.2 Å². The number of halogens is 1. The molecule has 0 bridgehead atoms. The molecule has 0 fully saturated rings. The minimum absolute atomic E-state index is 0.292. The van der Waals surface area contributed by atoms with Crippen LogP contribution in [-0.4, -0.2) is 49.4 Å². The third kappa shape index (κ3) is 5.55. The van der Waals surface area contributed by atoms with Crippen LogP contribution in [0.25, 0.3) is 0 Å². The second-order valence-corrected chi connectivity index (χ2v) is 5.47. The minimum atomic E-state index is -0.878. The van der Waals surface area contributed by atoms with E-state index in [2.05, 4.69) is 21.2 Å². The van der Waals surface area contributed by atoms with E-state index in [1.54, 1.807) is 38.4 Å². The zero-order valence-electron chi connectivity index (χ0n) is 12.1. The van der Waals surface area contributed by atoms with Gasteiger partial charge in [-0.2, -0.15) is 0 Å². The van der Waals surface area contributed by atoms with Crippen molar-refractivity contribution in [3.63, 3.8) is 0 Å². The van der Waals surface area contributed by atoms with E-state index >= 15 is 0 Å². The lowest BCUT2D eigenvalue weighted by molar-refractivity contribution is -0.157. The summed E-state index contributed by atoms with van der Waals surface area (Å²) in [7, 11) is 3.14. The van der Waals surface area contributed by atoms with Crippen molar-refractivity contribution >= 4 is 33.7 Å². The fourth-order valence-corrected chi connectivity index (χ4v) is 1.77. The number of carbonyl (C=O) groups is 3. The molecule has 6 nitrogen and oxygen atoms in total. The molecule has 21 heavy (non-hydrogen) atoms. The number of amides is 2. The van der Waals surface area contributed by atoms with Crippen LogP contribution in [0.2, 0.25) is 0 Å². The molecule has 1 rings (SSSR count). The molecule has 0 radical (unpaired) electrons. The summed E-state index contributed by atoms with van der Waals surface area (Å²) in [4.78, 5) is 36.2. The van der Waals surface area contributed by atoms with E-state index in [1.807, 2.05) is 0 Å². The average Bonchev–Trinajstić information content (AvgIpc) is 2.44. The highest BCUT2D eigenvalue weighted by molar-refractivity contribution is 9.10. The summed E-state index contributed by atoms with van der Waals surface area (Å²) in [5.41, 5.74) is 0.434. The van der Waals surface area contributed by atoms with E-state index in [4.69, 9.17) is 4.74 Å². The summed E-state index contributed by atoms with van der Waals surface area (Å²) < 4.78 is 5.78. The zero-order chi connectivity index (χ0) is 16.0. The minimum Gasteiger partial charge on any atom is -0.451 e. The summed E-state index contributed by atoms with van der Waals surface area (Å²) in [6.07, 6.45) is -0.878. The van der Waals surface area contributed by atoms with Crippen molar-refractivity contribution in [3.8, 4) is 0 Å². The molecule has 1 aromatic carbocycles. The number of benzene rings is 1. The molecule has 0 saturated heterocycles. The van der Waals surface area contributed by atoms with E-state index in [0.29, 0.717) is 5.56 Å². The lowest BCUT2D eigenvalue weighted by atomic mass is 10.2. The van der Waals surface area contributed by atoms with Crippen molar-refractivity contribution in [2.45, 2.75) is 13.0 Å². The van der Waals surface area contributed by atoms with Crippen LogP contribution < -0.4 is 5.32 Å². The topological polar surface area (TPSA) is 75.7 Å². The normalized spacial score (nSPS) is 11.4. The molecule has 0 aliphatic carbocycles. The quantitative estimate of drug-likeness (QED) is 0.804. The molecule has 0 aliphatic rings. The number of nitrogens with one attached hydrogen (secondary N) is 1. The largest absolute Gasteiger partial charge is 0.451 e. The van der Waals surface area contributed by atoms with Gasteiger partial charge in [-0.15, -0.1) is 0 Å². The Hall–Kier alpha value is -1.89. The Morgan fingerprint density at radius 1 is 1.24 bits per heavy atom. The van der Waals surface area contributed by atoms with Crippen molar-refractivity contribution in [2.75, 3.05) is 20.6 Å². The molecule has 7 heteroatoms. The predicted octanol–water partition coefficient (Wildman–Crippen LogP) is 1.20. The molecule has 1 aromatic rings. The van der Waals surface area contributed by atoms with E-state index < -0.39 is 12.1 Å². The molecular formula is C14H17BrN2O4. The predicted molar refractivity (Wildman–Crippen MR) is 80.7 cm³/mol. The van der Waals surface area contributed by atoms with Crippen molar-refractivity contribution in [1.29, 1.82) is 0 Å². The van der Waals surface area contributed by atoms with Gasteiger partial charge in [-0.3, -0.25) is 14.4 Å². The Bertz CT molecular complexity index is 528. The van der Waals surface area contributed by atoms with Crippen LogP contribution in [0.3, 0.4) is 0 Å². The lowest BCUT2D eigenvalue weighted by Crippen LogP contribution is -2.38. The van der Waals surface area contributed by atoms with Crippen LogP contribution >= 0.6 is 15.9 Å². The van der Waals surface area contributed by atoms with Gasteiger partial charge in [0.2, 0.25) is 0 Å². The van der Waals surface area contributed by atoms with Crippen molar-refractivity contribution < 1.29 is 19.1 Å². The Morgan fingerprint density at radius 3 is 2.33 bits per heavy atom. The smallest absolute Gasteiger partial charge is 0.326 e. The average molecular weight is 357 g/mol. The first-order valence-electron chi connectivity index (χ1n) is 6.25. The third-order valence-electron chi connectivity index (χ3n) is 2.60. The van der Waals surface area contributed by atoms with Gasteiger partial charge < -0.3 is 15.0 Å². The van der Waals surface area contributed by atoms with Crippen molar-refractivity contribution in [2.24, 2.45) is 0 Å². The zero-order valence-corrected chi connectivity index (χ0v) is 13.6.